The van der Waals surface area contributed by atoms with Gasteiger partial charge in [-0.25, -0.2) is 19.9 Å². The van der Waals surface area contributed by atoms with Crippen LogP contribution in [0.25, 0.3) is 100 Å². The molecule has 10 rings (SSSR count). The molecular weight excluding hydrogens is 673 g/mol. The Kier molecular flexibility index (Phi) is 7.92. The second-order valence-electron chi connectivity index (χ2n) is 13.6. The van der Waals surface area contributed by atoms with Gasteiger partial charge in [-0.3, -0.25) is 9.97 Å². The van der Waals surface area contributed by atoms with Gasteiger partial charge in [0.05, 0.1) is 16.7 Å². The van der Waals surface area contributed by atoms with Crippen LogP contribution in [-0.2, 0) is 0 Å². The molecule has 4 aromatic heterocycles. The van der Waals surface area contributed by atoms with E-state index < -0.39 is 0 Å². The summed E-state index contributed by atoms with van der Waals surface area (Å²) < 4.78 is 0. The van der Waals surface area contributed by atoms with E-state index in [0.29, 0.717) is 17.5 Å². The van der Waals surface area contributed by atoms with Crippen molar-refractivity contribution in [3.05, 3.63) is 182 Å². The fourth-order valence-electron chi connectivity index (χ4n) is 7.34. The van der Waals surface area contributed by atoms with E-state index in [1.54, 1.807) is 12.4 Å². The number of pyridine rings is 3. The molecule has 0 amide bonds. The van der Waals surface area contributed by atoms with Gasteiger partial charge in [0, 0.05) is 51.1 Å². The van der Waals surface area contributed by atoms with Crippen LogP contribution in [0.15, 0.2) is 176 Å². The Morgan fingerprint density at radius 3 is 1.73 bits per heavy atom. The molecule has 0 radical (unpaired) electrons. The minimum atomic E-state index is 0.588. The molecule has 0 saturated heterocycles. The smallest absolute Gasteiger partial charge is 0.165 e. The van der Waals surface area contributed by atoms with E-state index in [1.165, 1.54) is 10.8 Å². The van der Waals surface area contributed by atoms with Crippen LogP contribution in [0.5, 0.6) is 0 Å². The molecule has 6 heteroatoms. The molecule has 4 heterocycles. The Morgan fingerprint density at radius 1 is 0.364 bits per heavy atom. The molecule has 0 aliphatic heterocycles. The monoisotopic (exact) mass is 704 g/mol. The summed E-state index contributed by atoms with van der Waals surface area (Å²) in [4.78, 5) is 29.1. The number of hydrogen-bond acceptors (Lipinski definition) is 6. The Hall–Kier alpha value is -7.44. The van der Waals surface area contributed by atoms with E-state index in [2.05, 4.69) is 133 Å². The number of benzene rings is 6. The molecule has 0 spiro atoms. The highest BCUT2D eigenvalue weighted by Crippen LogP contribution is 2.36. The zero-order valence-corrected chi connectivity index (χ0v) is 29.9. The third kappa shape index (κ3) is 6.06. The van der Waals surface area contributed by atoms with Crippen molar-refractivity contribution in [1.29, 1.82) is 0 Å². The van der Waals surface area contributed by atoms with Gasteiger partial charge >= 0.3 is 0 Å². The SMILES string of the molecule is Cc1cc(-c2ccc(-c3ccc(-c4nc(-c5ccccc5)nc(-c5cccnc5)n4)cc3)cc2)c2ccc3ccc(-c4cccc5ccccc45)nc3c2n1. The third-order valence-corrected chi connectivity index (χ3v) is 10.1. The van der Waals surface area contributed by atoms with Crippen LogP contribution < -0.4 is 0 Å². The van der Waals surface area contributed by atoms with Crippen molar-refractivity contribution in [1.82, 2.24) is 29.9 Å². The maximum absolute atomic E-state index is 5.24. The Balaban J connectivity index is 0.987. The number of aryl methyl sites for hydroxylation is 1. The molecular formula is C49H32N6. The quantitative estimate of drug-likeness (QED) is 0.160. The fourth-order valence-corrected chi connectivity index (χ4v) is 7.34. The summed E-state index contributed by atoms with van der Waals surface area (Å²) in [6.07, 6.45) is 3.52. The van der Waals surface area contributed by atoms with E-state index in [-0.39, 0.29) is 0 Å². The van der Waals surface area contributed by atoms with Gasteiger partial charge in [0.25, 0.3) is 0 Å². The molecule has 55 heavy (non-hydrogen) atoms. The Bertz CT molecular complexity index is 2950. The molecule has 0 aliphatic rings. The van der Waals surface area contributed by atoms with Crippen LogP contribution in [0.1, 0.15) is 5.69 Å². The molecule has 258 valence electrons. The standard InChI is InChI=1S/C49H32N6/c1-31-29-43(42-26-24-36-25-27-44(52-45(36)46(42)51-31)41-15-7-12-34-9-5-6-14-40(34)41)35-20-16-32(17-21-35)33-18-22-38(23-19-33)48-53-47(37-10-3-2-4-11-37)54-49(55-48)39-13-8-28-50-30-39/h2-30H,1H3. The van der Waals surface area contributed by atoms with E-state index >= 15 is 0 Å². The number of aromatic nitrogens is 6. The third-order valence-electron chi connectivity index (χ3n) is 10.1. The molecule has 10 aromatic rings. The first-order chi connectivity index (χ1) is 27.1. The maximum Gasteiger partial charge on any atom is 0.165 e. The lowest BCUT2D eigenvalue weighted by Gasteiger charge is -2.13. The largest absolute Gasteiger partial charge is 0.264 e. The molecule has 0 fully saturated rings. The Morgan fingerprint density at radius 2 is 0.982 bits per heavy atom. The van der Waals surface area contributed by atoms with Gasteiger partial charge in [0.15, 0.2) is 17.5 Å². The van der Waals surface area contributed by atoms with Crippen molar-refractivity contribution in [2.75, 3.05) is 0 Å². The fraction of sp³-hybridized carbons (Fsp3) is 0.0204. The lowest BCUT2D eigenvalue weighted by atomic mass is 9.96. The predicted octanol–water partition coefficient (Wildman–Crippen LogP) is 11.8. The van der Waals surface area contributed by atoms with Crippen molar-refractivity contribution in [2.45, 2.75) is 6.92 Å². The van der Waals surface area contributed by atoms with E-state index in [0.717, 1.165) is 77.7 Å². The molecule has 0 saturated carbocycles. The van der Waals surface area contributed by atoms with Gasteiger partial charge in [0.2, 0.25) is 0 Å². The van der Waals surface area contributed by atoms with Gasteiger partial charge in [-0.15, -0.1) is 0 Å². The average Bonchev–Trinajstić information content (AvgIpc) is 3.26. The van der Waals surface area contributed by atoms with E-state index in [9.17, 15) is 0 Å². The lowest BCUT2D eigenvalue weighted by Crippen LogP contribution is -2.00. The second-order valence-corrected chi connectivity index (χ2v) is 13.6. The van der Waals surface area contributed by atoms with Crippen LogP contribution in [-0.4, -0.2) is 29.9 Å². The summed E-state index contributed by atoms with van der Waals surface area (Å²) in [5.74, 6) is 1.82. The van der Waals surface area contributed by atoms with Crippen LogP contribution in [0, 0.1) is 6.92 Å². The summed E-state index contributed by atoms with van der Waals surface area (Å²) in [5.41, 5.74) is 12.0. The molecule has 0 bridgehead atoms. The van der Waals surface area contributed by atoms with Gasteiger partial charge < -0.3 is 0 Å². The minimum absolute atomic E-state index is 0.588. The molecule has 6 nitrogen and oxygen atoms in total. The van der Waals surface area contributed by atoms with Crippen LogP contribution >= 0.6 is 0 Å². The second kappa shape index (κ2) is 13.5. The van der Waals surface area contributed by atoms with Crippen molar-refractivity contribution in [3.8, 4) is 67.7 Å². The topological polar surface area (TPSA) is 77.3 Å². The van der Waals surface area contributed by atoms with Crippen molar-refractivity contribution < 1.29 is 0 Å². The highest BCUT2D eigenvalue weighted by Gasteiger charge is 2.15. The highest BCUT2D eigenvalue weighted by atomic mass is 15.0. The number of hydrogen-bond donors (Lipinski definition) is 0. The Labute approximate surface area is 318 Å². The predicted molar refractivity (Wildman–Crippen MR) is 223 cm³/mol. The first kappa shape index (κ1) is 32.2. The molecule has 0 unspecified atom stereocenters. The van der Waals surface area contributed by atoms with Gasteiger partial charge in [-0.05, 0) is 64.2 Å². The van der Waals surface area contributed by atoms with Crippen LogP contribution in [0.3, 0.4) is 0 Å². The first-order valence-corrected chi connectivity index (χ1v) is 18.3. The molecule has 0 atom stereocenters. The molecule has 0 N–H and O–H groups in total. The first-order valence-electron chi connectivity index (χ1n) is 18.3. The number of rotatable bonds is 6. The summed E-state index contributed by atoms with van der Waals surface area (Å²) in [7, 11) is 0. The average molecular weight is 705 g/mol. The summed E-state index contributed by atoms with van der Waals surface area (Å²) in [5, 5.41) is 4.54. The van der Waals surface area contributed by atoms with E-state index in [4.69, 9.17) is 24.9 Å². The summed E-state index contributed by atoms with van der Waals surface area (Å²) in [6, 6.07) is 56.6. The number of nitrogens with zero attached hydrogens (tertiary/aromatic N) is 6. The van der Waals surface area contributed by atoms with Gasteiger partial charge in [0.1, 0.15) is 0 Å². The zero-order chi connectivity index (χ0) is 36.7. The summed E-state index contributed by atoms with van der Waals surface area (Å²) >= 11 is 0. The van der Waals surface area contributed by atoms with Gasteiger partial charge in [-0.2, -0.15) is 0 Å². The summed E-state index contributed by atoms with van der Waals surface area (Å²) in [6.45, 7) is 2.06. The van der Waals surface area contributed by atoms with Crippen molar-refractivity contribution >= 4 is 32.6 Å². The van der Waals surface area contributed by atoms with Crippen molar-refractivity contribution in [3.63, 3.8) is 0 Å². The van der Waals surface area contributed by atoms with E-state index in [1.807, 2.05) is 42.5 Å². The zero-order valence-electron chi connectivity index (χ0n) is 29.9. The minimum Gasteiger partial charge on any atom is -0.264 e. The number of fused-ring (bicyclic) bond motifs is 4. The van der Waals surface area contributed by atoms with Crippen LogP contribution in [0.4, 0.5) is 0 Å². The maximum atomic E-state index is 5.24. The van der Waals surface area contributed by atoms with Gasteiger partial charge in [-0.1, -0.05) is 140 Å². The lowest BCUT2D eigenvalue weighted by molar-refractivity contribution is 1.07. The molecule has 0 aliphatic carbocycles. The highest BCUT2D eigenvalue weighted by molar-refractivity contribution is 6.09. The normalized spacial score (nSPS) is 11.4. The molecule has 6 aromatic carbocycles. The van der Waals surface area contributed by atoms with Crippen LogP contribution in [0.2, 0.25) is 0 Å². The van der Waals surface area contributed by atoms with Crippen molar-refractivity contribution in [2.24, 2.45) is 0 Å².